The van der Waals surface area contributed by atoms with Gasteiger partial charge in [0.15, 0.2) is 0 Å². The van der Waals surface area contributed by atoms with Crippen molar-refractivity contribution in [3.63, 3.8) is 0 Å². The SMILES string of the molecule is NCc1cccc(S(=O)(=O)NCC2CCCOC2)c1. The number of nitrogens with one attached hydrogen (secondary N) is 1. The van der Waals surface area contributed by atoms with Crippen LogP contribution < -0.4 is 10.5 Å². The zero-order valence-corrected chi connectivity index (χ0v) is 11.7. The molecule has 1 aromatic carbocycles. The van der Waals surface area contributed by atoms with Gasteiger partial charge in [-0.2, -0.15) is 0 Å². The van der Waals surface area contributed by atoms with Crippen LogP contribution in [0.25, 0.3) is 0 Å². The topological polar surface area (TPSA) is 81.4 Å². The molecule has 1 unspecified atom stereocenters. The Kier molecular flexibility index (Phi) is 4.93. The van der Waals surface area contributed by atoms with E-state index < -0.39 is 10.0 Å². The fourth-order valence-corrected chi connectivity index (χ4v) is 3.30. The highest BCUT2D eigenvalue weighted by atomic mass is 32.2. The molecule has 1 saturated heterocycles. The molecule has 1 heterocycles. The number of benzene rings is 1. The van der Waals surface area contributed by atoms with Crippen molar-refractivity contribution >= 4 is 10.0 Å². The summed E-state index contributed by atoms with van der Waals surface area (Å²) in [6.07, 6.45) is 2.00. The highest BCUT2D eigenvalue weighted by molar-refractivity contribution is 7.89. The first-order chi connectivity index (χ1) is 9.12. The van der Waals surface area contributed by atoms with E-state index in [0.29, 0.717) is 19.7 Å². The Balaban J connectivity index is 2.00. The summed E-state index contributed by atoms with van der Waals surface area (Å²) in [4.78, 5) is 0.271. The maximum absolute atomic E-state index is 12.2. The molecule has 1 aromatic rings. The van der Waals surface area contributed by atoms with Crippen LogP contribution in [0.4, 0.5) is 0 Å². The zero-order valence-electron chi connectivity index (χ0n) is 10.8. The molecular weight excluding hydrogens is 264 g/mol. The van der Waals surface area contributed by atoms with E-state index >= 15 is 0 Å². The van der Waals surface area contributed by atoms with Crippen molar-refractivity contribution in [2.75, 3.05) is 19.8 Å². The number of hydrogen-bond donors (Lipinski definition) is 2. The molecule has 6 heteroatoms. The van der Waals surface area contributed by atoms with Gasteiger partial charge >= 0.3 is 0 Å². The van der Waals surface area contributed by atoms with Gasteiger partial charge in [0, 0.05) is 19.7 Å². The summed E-state index contributed by atoms with van der Waals surface area (Å²) in [5.74, 6) is 0.265. The predicted molar refractivity (Wildman–Crippen MR) is 73.1 cm³/mol. The van der Waals surface area contributed by atoms with Crippen LogP contribution in [-0.2, 0) is 21.3 Å². The zero-order chi connectivity index (χ0) is 13.7. The van der Waals surface area contributed by atoms with Gasteiger partial charge in [-0.15, -0.1) is 0 Å². The number of hydrogen-bond acceptors (Lipinski definition) is 4. The molecule has 0 aromatic heterocycles. The van der Waals surface area contributed by atoms with Gasteiger partial charge in [0.2, 0.25) is 10.0 Å². The normalized spacial score (nSPS) is 20.4. The molecular formula is C13H20N2O3S. The molecule has 19 heavy (non-hydrogen) atoms. The average molecular weight is 284 g/mol. The smallest absolute Gasteiger partial charge is 0.240 e. The summed E-state index contributed by atoms with van der Waals surface area (Å²) < 4.78 is 32.3. The minimum atomic E-state index is -3.45. The highest BCUT2D eigenvalue weighted by Gasteiger charge is 2.19. The van der Waals surface area contributed by atoms with Crippen LogP contribution in [-0.4, -0.2) is 28.2 Å². The van der Waals surface area contributed by atoms with Crippen LogP contribution in [0.5, 0.6) is 0 Å². The minimum absolute atomic E-state index is 0.265. The third-order valence-electron chi connectivity index (χ3n) is 3.26. The largest absolute Gasteiger partial charge is 0.381 e. The maximum Gasteiger partial charge on any atom is 0.240 e. The van der Waals surface area contributed by atoms with E-state index in [1.54, 1.807) is 18.2 Å². The molecule has 106 valence electrons. The number of ether oxygens (including phenoxy) is 1. The van der Waals surface area contributed by atoms with Crippen LogP contribution in [0.3, 0.4) is 0 Å². The third-order valence-corrected chi connectivity index (χ3v) is 4.68. The Hall–Kier alpha value is -0.950. The van der Waals surface area contributed by atoms with Gasteiger partial charge in [0.25, 0.3) is 0 Å². The van der Waals surface area contributed by atoms with E-state index in [1.165, 1.54) is 0 Å². The van der Waals surface area contributed by atoms with Crippen molar-refractivity contribution in [1.29, 1.82) is 0 Å². The Morgan fingerprint density at radius 1 is 1.42 bits per heavy atom. The standard InChI is InChI=1S/C13H20N2O3S/c14-8-11-3-1-5-13(7-11)19(16,17)15-9-12-4-2-6-18-10-12/h1,3,5,7,12,15H,2,4,6,8-10,14H2. The number of sulfonamides is 1. The first-order valence-electron chi connectivity index (χ1n) is 6.48. The molecule has 2 rings (SSSR count). The van der Waals surface area contributed by atoms with Gasteiger partial charge in [-0.25, -0.2) is 13.1 Å². The second-order valence-corrected chi connectivity index (χ2v) is 6.55. The lowest BCUT2D eigenvalue weighted by Crippen LogP contribution is -2.33. The lowest BCUT2D eigenvalue weighted by Gasteiger charge is -2.22. The fourth-order valence-electron chi connectivity index (χ4n) is 2.12. The summed E-state index contributed by atoms with van der Waals surface area (Å²) in [6.45, 7) is 2.17. The third kappa shape index (κ3) is 4.01. The molecule has 3 N–H and O–H groups in total. The second kappa shape index (κ2) is 6.47. The Morgan fingerprint density at radius 2 is 2.26 bits per heavy atom. The Labute approximate surface area is 114 Å². The van der Waals surface area contributed by atoms with E-state index in [-0.39, 0.29) is 10.8 Å². The van der Waals surface area contributed by atoms with Gasteiger partial charge in [-0.3, -0.25) is 0 Å². The summed E-state index contributed by atoms with van der Waals surface area (Å²) in [5, 5.41) is 0. The average Bonchev–Trinajstić information content (AvgIpc) is 2.46. The van der Waals surface area contributed by atoms with Crippen molar-refractivity contribution in [2.24, 2.45) is 11.7 Å². The van der Waals surface area contributed by atoms with Gasteiger partial charge < -0.3 is 10.5 Å². The van der Waals surface area contributed by atoms with E-state index in [9.17, 15) is 8.42 Å². The minimum Gasteiger partial charge on any atom is -0.381 e. The van der Waals surface area contributed by atoms with E-state index in [0.717, 1.165) is 25.0 Å². The molecule has 0 amide bonds. The molecule has 1 atom stereocenters. The van der Waals surface area contributed by atoms with Crippen LogP contribution >= 0.6 is 0 Å². The molecule has 0 aliphatic carbocycles. The maximum atomic E-state index is 12.2. The van der Waals surface area contributed by atoms with Gasteiger partial charge in [0.05, 0.1) is 11.5 Å². The summed E-state index contributed by atoms with van der Waals surface area (Å²) in [5.41, 5.74) is 6.33. The van der Waals surface area contributed by atoms with Crippen molar-refractivity contribution in [3.8, 4) is 0 Å². The van der Waals surface area contributed by atoms with Crippen molar-refractivity contribution < 1.29 is 13.2 Å². The van der Waals surface area contributed by atoms with Crippen LogP contribution in [0.2, 0.25) is 0 Å². The molecule has 1 fully saturated rings. The Morgan fingerprint density at radius 3 is 2.95 bits per heavy atom. The van der Waals surface area contributed by atoms with Gasteiger partial charge in [-0.1, -0.05) is 12.1 Å². The van der Waals surface area contributed by atoms with Crippen LogP contribution in [0.15, 0.2) is 29.2 Å². The molecule has 1 aliphatic rings. The van der Waals surface area contributed by atoms with Crippen LogP contribution in [0, 0.1) is 5.92 Å². The first kappa shape index (κ1) is 14.5. The summed E-state index contributed by atoms with van der Waals surface area (Å²) >= 11 is 0. The second-order valence-electron chi connectivity index (χ2n) is 4.79. The molecule has 0 bridgehead atoms. The molecule has 0 radical (unpaired) electrons. The van der Waals surface area contributed by atoms with Gasteiger partial charge in [-0.05, 0) is 36.5 Å². The lowest BCUT2D eigenvalue weighted by molar-refractivity contribution is 0.0568. The first-order valence-corrected chi connectivity index (χ1v) is 7.96. The predicted octanol–water partition coefficient (Wildman–Crippen LogP) is 0.850. The molecule has 1 aliphatic heterocycles. The fraction of sp³-hybridized carbons (Fsp3) is 0.538. The number of rotatable bonds is 5. The van der Waals surface area contributed by atoms with Gasteiger partial charge in [0.1, 0.15) is 0 Å². The number of nitrogens with two attached hydrogens (primary N) is 1. The van der Waals surface area contributed by atoms with Crippen molar-refractivity contribution in [2.45, 2.75) is 24.3 Å². The lowest BCUT2D eigenvalue weighted by atomic mass is 10.0. The molecule has 0 spiro atoms. The van der Waals surface area contributed by atoms with Crippen molar-refractivity contribution in [1.82, 2.24) is 4.72 Å². The Bertz CT molecular complexity index is 510. The summed E-state index contributed by atoms with van der Waals surface area (Å²) in [6, 6.07) is 6.72. The highest BCUT2D eigenvalue weighted by Crippen LogP contribution is 2.15. The molecule has 0 saturated carbocycles. The monoisotopic (exact) mass is 284 g/mol. The van der Waals surface area contributed by atoms with Crippen LogP contribution in [0.1, 0.15) is 18.4 Å². The van der Waals surface area contributed by atoms with Crippen molar-refractivity contribution in [3.05, 3.63) is 29.8 Å². The van der Waals surface area contributed by atoms with E-state index in [4.69, 9.17) is 10.5 Å². The molecule has 5 nitrogen and oxygen atoms in total. The summed E-state index contributed by atoms with van der Waals surface area (Å²) in [7, 11) is -3.45. The van der Waals surface area contributed by atoms with E-state index in [2.05, 4.69) is 4.72 Å². The van der Waals surface area contributed by atoms with E-state index in [1.807, 2.05) is 6.07 Å². The quantitative estimate of drug-likeness (QED) is 0.840.